The van der Waals surface area contributed by atoms with E-state index in [4.69, 9.17) is 23.4 Å². The van der Waals surface area contributed by atoms with Gasteiger partial charge in [0.2, 0.25) is 5.79 Å². The molecule has 1 aromatic rings. The summed E-state index contributed by atoms with van der Waals surface area (Å²) in [7, 11) is -0.669. The van der Waals surface area contributed by atoms with E-state index >= 15 is 0 Å². The van der Waals surface area contributed by atoms with Gasteiger partial charge in [-0.1, -0.05) is 71.0 Å². The zero-order valence-corrected chi connectivity index (χ0v) is 25.7. The zero-order valence-electron chi connectivity index (χ0n) is 24.7. The molecule has 1 fully saturated rings. The summed E-state index contributed by atoms with van der Waals surface area (Å²) in [6.07, 6.45) is 4.35. The number of Topliss-reactive ketones (excluding diaryl/α,β-unsaturated/α-hetero) is 1. The van der Waals surface area contributed by atoms with Crippen molar-refractivity contribution < 1.29 is 33.0 Å². The Hall–Kier alpha value is -1.68. The fourth-order valence-corrected chi connectivity index (χ4v) is 5.85. The molecule has 2 rings (SSSR count). The van der Waals surface area contributed by atoms with Gasteiger partial charge in [0.15, 0.2) is 14.1 Å². The molecule has 0 aliphatic carbocycles. The smallest absolute Gasteiger partial charge is 0.237 e. The molecule has 0 aromatic heterocycles. The fourth-order valence-electron chi connectivity index (χ4n) is 4.45. The van der Waals surface area contributed by atoms with Crippen LogP contribution in [0.4, 0.5) is 0 Å². The largest absolute Gasteiger partial charge is 0.411 e. The van der Waals surface area contributed by atoms with Gasteiger partial charge in [-0.2, -0.15) is 0 Å². The fraction of sp³-hybridized carbons (Fsp3) is 0.667. The summed E-state index contributed by atoms with van der Waals surface area (Å²) in [5.74, 6) is -1.61. The van der Waals surface area contributed by atoms with Crippen molar-refractivity contribution in [2.75, 3.05) is 13.9 Å². The van der Waals surface area contributed by atoms with Gasteiger partial charge in [-0.3, -0.25) is 9.59 Å². The van der Waals surface area contributed by atoms with E-state index < -0.39 is 19.5 Å². The average molecular weight is 549 g/mol. The van der Waals surface area contributed by atoms with Gasteiger partial charge in [-0.25, -0.2) is 0 Å². The molecule has 0 amide bonds. The average Bonchev–Trinajstić information content (AvgIpc) is 2.85. The molecular formula is C30H48O7Si. The molecule has 0 radical (unpaired) electrons. The van der Waals surface area contributed by atoms with E-state index in [1.807, 2.05) is 51.1 Å². The van der Waals surface area contributed by atoms with Gasteiger partial charge in [0.05, 0.1) is 24.9 Å². The second-order valence-corrected chi connectivity index (χ2v) is 17.0. The van der Waals surface area contributed by atoms with Crippen LogP contribution in [0.5, 0.6) is 0 Å². The number of benzene rings is 1. The van der Waals surface area contributed by atoms with Crippen LogP contribution in [0.1, 0.15) is 66.4 Å². The summed E-state index contributed by atoms with van der Waals surface area (Å²) in [6, 6.07) is 9.97. The van der Waals surface area contributed by atoms with Crippen LogP contribution in [0.3, 0.4) is 0 Å². The third kappa shape index (κ3) is 8.16. The predicted octanol–water partition coefficient (Wildman–Crippen LogP) is 6.22. The van der Waals surface area contributed by atoms with Crippen LogP contribution in [0, 0.1) is 5.41 Å². The third-order valence-electron chi connectivity index (χ3n) is 7.92. The van der Waals surface area contributed by atoms with Crippen LogP contribution in [-0.4, -0.2) is 58.4 Å². The molecule has 1 aromatic carbocycles. The highest BCUT2D eigenvalue weighted by molar-refractivity contribution is 6.74. The van der Waals surface area contributed by atoms with E-state index in [-0.39, 0.29) is 35.9 Å². The first-order valence-electron chi connectivity index (χ1n) is 13.5. The van der Waals surface area contributed by atoms with E-state index in [1.165, 1.54) is 13.2 Å². The number of hydrogen-bond acceptors (Lipinski definition) is 7. The molecule has 1 heterocycles. The van der Waals surface area contributed by atoms with Crippen molar-refractivity contribution in [2.24, 2.45) is 5.41 Å². The summed E-state index contributed by atoms with van der Waals surface area (Å²) < 4.78 is 31.0. The summed E-state index contributed by atoms with van der Waals surface area (Å²) in [5.41, 5.74) is 0.238. The molecule has 38 heavy (non-hydrogen) atoms. The highest BCUT2D eigenvalue weighted by Gasteiger charge is 2.55. The number of carbonyl (C=O) groups excluding carboxylic acids is 2. The Bertz CT molecular complexity index is 922. The van der Waals surface area contributed by atoms with Crippen LogP contribution in [0.2, 0.25) is 18.1 Å². The molecule has 0 spiro atoms. The van der Waals surface area contributed by atoms with Gasteiger partial charge in [0, 0.05) is 25.4 Å². The number of carbonyl (C=O) groups is 2. The molecule has 1 saturated heterocycles. The molecule has 0 bridgehead atoms. The van der Waals surface area contributed by atoms with Gasteiger partial charge in [-0.15, -0.1) is 0 Å². The molecule has 8 heteroatoms. The normalized spacial score (nSPS) is 23.0. The number of rotatable bonds is 14. The maximum atomic E-state index is 13.1. The van der Waals surface area contributed by atoms with E-state index in [1.54, 1.807) is 6.08 Å². The number of aldehydes is 1. The highest BCUT2D eigenvalue weighted by atomic mass is 28.4. The maximum absolute atomic E-state index is 13.1. The Morgan fingerprint density at radius 1 is 1.16 bits per heavy atom. The van der Waals surface area contributed by atoms with Gasteiger partial charge < -0.3 is 23.4 Å². The number of hydrogen-bond donors (Lipinski definition) is 0. The standard InChI is InChI=1S/C30H48O7Si/c1-23(35-22-34-21-24-14-11-10-12-15-24)26(37-38(8,9)28(2,3)4)20-25-16-17-27(32)30(33-7,36-25)29(5,6)18-13-19-31/h10-15,18-19,23,25-26H,16-17,20-22H2,1-9H3/b18-13+/t23-,25+,26-,30+/m1/s1. The van der Waals surface area contributed by atoms with Crippen molar-refractivity contribution in [2.45, 2.75) is 110 Å². The van der Waals surface area contributed by atoms with Gasteiger partial charge in [-0.05, 0) is 43.1 Å². The second kappa shape index (κ2) is 13.6. The minimum atomic E-state index is -2.15. The van der Waals surface area contributed by atoms with Gasteiger partial charge >= 0.3 is 0 Å². The Morgan fingerprint density at radius 2 is 1.82 bits per heavy atom. The number of methoxy groups -OCH3 is 1. The van der Waals surface area contributed by atoms with Crippen LogP contribution in [-0.2, 0) is 39.6 Å². The Morgan fingerprint density at radius 3 is 2.39 bits per heavy atom. The van der Waals surface area contributed by atoms with Crippen LogP contribution in [0.25, 0.3) is 0 Å². The lowest BCUT2D eigenvalue weighted by Gasteiger charge is -2.48. The van der Waals surface area contributed by atoms with Crippen LogP contribution in [0.15, 0.2) is 42.5 Å². The third-order valence-corrected chi connectivity index (χ3v) is 12.4. The lowest BCUT2D eigenvalue weighted by molar-refractivity contribution is -0.285. The van der Waals surface area contributed by atoms with E-state index in [0.717, 1.165) is 5.56 Å². The Labute approximate surface area is 230 Å². The predicted molar refractivity (Wildman–Crippen MR) is 151 cm³/mol. The minimum Gasteiger partial charge on any atom is -0.411 e. The molecule has 0 saturated carbocycles. The monoisotopic (exact) mass is 548 g/mol. The lowest BCUT2D eigenvalue weighted by atomic mass is 9.77. The van der Waals surface area contributed by atoms with Crippen molar-refractivity contribution >= 4 is 20.4 Å². The first kappa shape index (κ1) is 32.5. The molecule has 1 aliphatic heterocycles. The topological polar surface area (TPSA) is 80.3 Å². The van der Waals surface area contributed by atoms with Crippen LogP contribution < -0.4 is 0 Å². The summed E-state index contributed by atoms with van der Waals surface area (Å²) in [5, 5.41) is 0.00999. The van der Waals surface area contributed by atoms with E-state index in [9.17, 15) is 9.59 Å². The summed E-state index contributed by atoms with van der Waals surface area (Å²) in [4.78, 5) is 24.1. The molecule has 7 nitrogen and oxygen atoms in total. The molecule has 214 valence electrons. The van der Waals surface area contributed by atoms with Crippen molar-refractivity contribution in [3.63, 3.8) is 0 Å². The van der Waals surface area contributed by atoms with Crippen molar-refractivity contribution in [1.82, 2.24) is 0 Å². The molecular weight excluding hydrogens is 500 g/mol. The highest BCUT2D eigenvalue weighted by Crippen LogP contribution is 2.44. The quantitative estimate of drug-likeness (QED) is 0.0898. The SMILES string of the molecule is CO[C@]1(C(C)(C)/C=C/C=O)O[C@H](C[C@@H](O[Si](C)(C)C(C)(C)C)[C@@H](C)OCOCc2ccccc2)CCC1=O. The van der Waals surface area contributed by atoms with Crippen molar-refractivity contribution in [1.29, 1.82) is 0 Å². The first-order chi connectivity index (χ1) is 17.7. The molecule has 0 N–H and O–H groups in total. The summed E-state index contributed by atoms with van der Waals surface area (Å²) in [6.45, 7) is 17.4. The zero-order chi connectivity index (χ0) is 28.6. The first-order valence-corrected chi connectivity index (χ1v) is 16.4. The molecule has 0 unspecified atom stereocenters. The number of ketones is 1. The van der Waals surface area contributed by atoms with Crippen LogP contribution >= 0.6 is 0 Å². The van der Waals surface area contributed by atoms with E-state index in [0.29, 0.717) is 32.2 Å². The van der Waals surface area contributed by atoms with Gasteiger partial charge in [0.1, 0.15) is 13.1 Å². The Kier molecular flexibility index (Phi) is 11.6. The summed E-state index contributed by atoms with van der Waals surface area (Å²) >= 11 is 0. The lowest BCUT2D eigenvalue weighted by Crippen LogP contribution is -2.59. The second-order valence-electron chi connectivity index (χ2n) is 12.2. The van der Waals surface area contributed by atoms with E-state index in [2.05, 4.69) is 33.9 Å². The van der Waals surface area contributed by atoms with Crippen molar-refractivity contribution in [3.8, 4) is 0 Å². The number of allylic oxidation sites excluding steroid dienone is 1. The Balaban J connectivity index is 2.19. The molecule has 4 atom stereocenters. The van der Waals surface area contributed by atoms with Gasteiger partial charge in [0.25, 0.3) is 0 Å². The minimum absolute atomic E-state index is 0.00999. The number of ether oxygens (including phenoxy) is 4. The maximum Gasteiger partial charge on any atom is 0.237 e. The molecule has 1 aliphatic rings. The van der Waals surface area contributed by atoms with Crippen molar-refractivity contribution in [3.05, 3.63) is 48.0 Å².